The van der Waals surface area contributed by atoms with Crippen LogP contribution in [0.1, 0.15) is 111 Å². The van der Waals surface area contributed by atoms with E-state index in [0.29, 0.717) is 5.56 Å². The predicted molar refractivity (Wildman–Crippen MR) is 405 cm³/mol. The second kappa shape index (κ2) is 21.7. The van der Waals surface area contributed by atoms with Crippen molar-refractivity contribution in [1.29, 1.82) is 5.26 Å². The van der Waals surface area contributed by atoms with Gasteiger partial charge >= 0.3 is 0 Å². The average Bonchev–Trinajstić information content (AvgIpc) is 0.972. The third kappa shape index (κ3) is 9.72. The maximum absolute atomic E-state index is 11.1. The summed E-state index contributed by atoms with van der Waals surface area (Å²) >= 11 is 0. The lowest BCUT2D eigenvalue weighted by Gasteiger charge is -2.45. The van der Waals surface area contributed by atoms with Crippen LogP contribution in [0.3, 0.4) is 0 Å². The summed E-state index contributed by atoms with van der Waals surface area (Å²) in [6.07, 6.45) is 0. The zero-order valence-electron chi connectivity index (χ0n) is 56.6. The lowest BCUT2D eigenvalue weighted by Crippen LogP contribution is -2.61. The highest BCUT2D eigenvalue weighted by Gasteiger charge is 2.45. The zero-order valence-corrected chi connectivity index (χ0v) is 56.6. The molecule has 462 valence electrons. The van der Waals surface area contributed by atoms with E-state index in [-0.39, 0.29) is 28.4 Å². The van der Waals surface area contributed by atoms with Gasteiger partial charge in [-0.1, -0.05) is 235 Å². The molecule has 2 aromatic heterocycles. The Morgan fingerprint density at radius 2 is 0.632 bits per heavy atom. The molecular formula is C89H78BN5. The van der Waals surface area contributed by atoms with E-state index < -0.39 is 0 Å². The normalized spacial score (nSPS) is 13.2. The molecule has 0 N–H and O–H groups in total. The van der Waals surface area contributed by atoms with Crippen molar-refractivity contribution in [2.75, 3.05) is 9.80 Å². The van der Waals surface area contributed by atoms with Crippen LogP contribution >= 0.6 is 0 Å². The van der Waals surface area contributed by atoms with Gasteiger partial charge in [0.2, 0.25) is 0 Å². The van der Waals surface area contributed by atoms with Gasteiger partial charge < -0.3 is 18.9 Å². The second-order valence-corrected chi connectivity index (χ2v) is 30.5. The number of hydrogen-bond acceptors (Lipinski definition) is 3. The first-order chi connectivity index (χ1) is 45.6. The third-order valence-electron chi connectivity index (χ3n) is 20.4. The van der Waals surface area contributed by atoms with E-state index in [1.54, 1.807) is 0 Å². The fourth-order valence-electron chi connectivity index (χ4n) is 15.3. The van der Waals surface area contributed by atoms with E-state index in [1.165, 1.54) is 82.3 Å². The summed E-state index contributed by atoms with van der Waals surface area (Å²) in [6.45, 7) is 27.5. The number of benzene rings is 12. The van der Waals surface area contributed by atoms with Crippen LogP contribution < -0.4 is 26.2 Å². The van der Waals surface area contributed by atoms with E-state index in [2.05, 4.69) is 351 Å². The maximum Gasteiger partial charge on any atom is 0.252 e. The monoisotopic (exact) mass is 1230 g/mol. The molecule has 0 atom stereocenters. The van der Waals surface area contributed by atoms with Gasteiger partial charge in [-0.15, -0.1) is 0 Å². The molecule has 6 heteroatoms. The van der Waals surface area contributed by atoms with Crippen LogP contribution in [-0.4, -0.2) is 15.8 Å². The fraction of sp³-hybridized carbons (Fsp3) is 0.180. The van der Waals surface area contributed by atoms with Crippen LogP contribution in [0.25, 0.3) is 88.4 Å². The number of rotatable bonds is 7. The number of para-hydroxylation sites is 2. The first kappa shape index (κ1) is 59.4. The summed E-state index contributed by atoms with van der Waals surface area (Å²) in [6, 6.07) is 98.2. The summed E-state index contributed by atoms with van der Waals surface area (Å²) in [7, 11) is 0. The van der Waals surface area contributed by atoms with Crippen LogP contribution in [0.5, 0.6) is 0 Å². The molecule has 0 aliphatic carbocycles. The first-order valence-electron chi connectivity index (χ1n) is 33.7. The van der Waals surface area contributed by atoms with E-state index in [9.17, 15) is 5.26 Å². The molecular weight excluding hydrogens is 1150 g/mol. The smallest absolute Gasteiger partial charge is 0.252 e. The summed E-state index contributed by atoms with van der Waals surface area (Å²) in [5.74, 6) is 0. The number of nitrogens with zero attached hydrogens (tertiary/aromatic N) is 5. The summed E-state index contributed by atoms with van der Waals surface area (Å²) < 4.78 is 5.02. The summed E-state index contributed by atoms with van der Waals surface area (Å²) in [4.78, 5) is 5.13. The number of hydrogen-bond donors (Lipinski definition) is 0. The Kier molecular flexibility index (Phi) is 13.6. The van der Waals surface area contributed by atoms with Crippen LogP contribution in [0, 0.1) is 11.3 Å². The van der Waals surface area contributed by atoms with Crippen LogP contribution in [-0.2, 0) is 21.7 Å². The van der Waals surface area contributed by atoms with Gasteiger partial charge in [0.25, 0.3) is 6.71 Å². The Bertz CT molecular complexity index is 5040. The second-order valence-electron chi connectivity index (χ2n) is 30.5. The van der Waals surface area contributed by atoms with Crippen molar-refractivity contribution in [1.82, 2.24) is 9.13 Å². The van der Waals surface area contributed by atoms with Crippen molar-refractivity contribution < 1.29 is 0 Å². The molecule has 2 aliphatic heterocycles. The van der Waals surface area contributed by atoms with E-state index in [4.69, 9.17) is 0 Å². The maximum atomic E-state index is 11.1. The highest BCUT2D eigenvalue weighted by atomic mass is 15.2. The van der Waals surface area contributed by atoms with Gasteiger partial charge in [0.05, 0.1) is 45.1 Å². The molecule has 0 saturated carbocycles. The van der Waals surface area contributed by atoms with E-state index >= 15 is 0 Å². The van der Waals surface area contributed by atoms with Crippen molar-refractivity contribution in [3.63, 3.8) is 0 Å². The first-order valence-corrected chi connectivity index (χ1v) is 33.7. The third-order valence-corrected chi connectivity index (χ3v) is 20.4. The lowest BCUT2D eigenvalue weighted by molar-refractivity contribution is 0.590. The molecule has 12 aromatic carbocycles. The van der Waals surface area contributed by atoms with Crippen LogP contribution in [0.2, 0.25) is 0 Å². The Morgan fingerprint density at radius 3 is 0.989 bits per heavy atom. The van der Waals surface area contributed by atoms with Crippen molar-refractivity contribution >= 4 is 101 Å². The van der Waals surface area contributed by atoms with Gasteiger partial charge in [-0.3, -0.25) is 0 Å². The minimum atomic E-state index is -0.239. The minimum absolute atomic E-state index is 0.0480. The largest absolute Gasteiger partial charge is 0.311 e. The Balaban J connectivity index is 1.04. The molecule has 0 saturated heterocycles. The van der Waals surface area contributed by atoms with Crippen LogP contribution in [0.15, 0.2) is 255 Å². The number of anilines is 6. The minimum Gasteiger partial charge on any atom is -0.311 e. The van der Waals surface area contributed by atoms with Crippen molar-refractivity contribution in [3.05, 3.63) is 283 Å². The number of nitriles is 1. The van der Waals surface area contributed by atoms with Crippen molar-refractivity contribution in [2.24, 2.45) is 0 Å². The predicted octanol–water partition coefficient (Wildman–Crippen LogP) is 22.0. The van der Waals surface area contributed by atoms with E-state index in [1.807, 2.05) is 12.1 Å². The SMILES string of the molecule is CC(C)(C)c1ccc2c(c1)c1cc(C(C)(C)C)ccc1n2-c1ccc2c(c1)N(c1ccccc1-c1ccccc1)c1cc(-c3ccccc3C#N)cc3c1B2c1ccc(-n2c4ccc(C(C)(C)C)cc4c4cc(C(C)(C)C)ccc42)cc1N3c1ccccc1-c1ccccc1. The topological polar surface area (TPSA) is 40.1 Å². The van der Waals surface area contributed by atoms with E-state index in [0.717, 1.165) is 78.9 Å². The zero-order chi connectivity index (χ0) is 65.6. The van der Waals surface area contributed by atoms with Crippen molar-refractivity contribution in [3.8, 4) is 50.8 Å². The molecule has 4 heterocycles. The number of aromatic nitrogens is 2. The van der Waals surface area contributed by atoms with Gasteiger partial charge in [-0.05, 0) is 186 Å². The van der Waals surface area contributed by atoms with Gasteiger partial charge in [-0.25, -0.2) is 0 Å². The quantitative estimate of drug-likeness (QED) is 0.149. The molecule has 16 rings (SSSR count). The lowest BCUT2D eigenvalue weighted by atomic mass is 9.33. The molecule has 0 bridgehead atoms. The fourth-order valence-corrected chi connectivity index (χ4v) is 15.3. The Labute approximate surface area is 559 Å². The Morgan fingerprint density at radius 1 is 0.295 bits per heavy atom. The Hall–Kier alpha value is -10.6. The van der Waals surface area contributed by atoms with Crippen molar-refractivity contribution in [2.45, 2.75) is 105 Å². The highest BCUT2D eigenvalue weighted by molar-refractivity contribution is 7.00. The van der Waals surface area contributed by atoms with Gasteiger partial charge in [0.15, 0.2) is 0 Å². The molecule has 0 amide bonds. The summed E-state index contributed by atoms with van der Waals surface area (Å²) in [5.41, 5.74) is 28.8. The summed E-state index contributed by atoms with van der Waals surface area (Å²) in [5, 5.41) is 16.1. The van der Waals surface area contributed by atoms with Crippen LogP contribution in [0.4, 0.5) is 34.1 Å². The van der Waals surface area contributed by atoms with Gasteiger partial charge in [0, 0.05) is 66.8 Å². The highest BCUT2D eigenvalue weighted by Crippen LogP contribution is 2.52. The van der Waals surface area contributed by atoms with Gasteiger partial charge in [-0.2, -0.15) is 5.26 Å². The molecule has 2 aliphatic rings. The molecule has 95 heavy (non-hydrogen) atoms. The molecule has 14 aromatic rings. The molecule has 0 radical (unpaired) electrons. The standard InChI is InChI=1S/C89H78BN5/c1-86(2,3)60-35-43-77-69(49-60)70-50-61(87(4,5)6)36-44-78(70)92(77)64-39-41-73-81(53-64)94(75-33-23-21-31-67(75)56-25-15-13-16-26-56)83-47-59(66-30-20-19-29-58(66)55-91)48-84-85(83)90(73)74-42-40-65(54-82(74)95(84)76-34-24-22-32-68(76)57-27-17-14-18-28-57)93-79-45-37-62(88(7,8)9)51-71(79)72-52-63(89(10,11)12)38-46-80(72)93/h13-54H,1-12H3. The molecule has 0 fully saturated rings. The number of fused-ring (bicyclic) bond motifs is 10. The molecule has 5 nitrogen and oxygen atoms in total. The average molecular weight is 1230 g/mol. The molecule has 0 unspecified atom stereocenters. The van der Waals surface area contributed by atoms with Gasteiger partial charge in [0.1, 0.15) is 0 Å². The molecule has 0 spiro atoms.